The fraction of sp³-hybridized carbons (Fsp3) is 0.300. The van der Waals surface area contributed by atoms with Crippen molar-refractivity contribution in [1.82, 2.24) is 5.32 Å². The van der Waals surface area contributed by atoms with Crippen molar-refractivity contribution in [1.29, 1.82) is 5.26 Å². The number of nitrogens with zero attached hydrogens (tertiary/aromatic N) is 1. The predicted octanol–water partition coefficient (Wildman–Crippen LogP) is 3.15. The van der Waals surface area contributed by atoms with E-state index in [0.29, 0.717) is 32.4 Å². The summed E-state index contributed by atoms with van der Waals surface area (Å²) in [6.07, 6.45) is 1.60. The average Bonchev–Trinajstić information content (AvgIpc) is 2.63. The summed E-state index contributed by atoms with van der Waals surface area (Å²) >= 11 is 0. The molecule has 2 aromatic carbocycles. The van der Waals surface area contributed by atoms with Gasteiger partial charge in [0.2, 0.25) is 0 Å². The minimum absolute atomic E-state index is 0.431. The minimum Gasteiger partial charge on any atom is -0.494 e. The van der Waals surface area contributed by atoms with Gasteiger partial charge in [-0.3, -0.25) is 4.79 Å². The Morgan fingerprint density at radius 2 is 1.92 bits per heavy atom. The smallest absolute Gasteiger partial charge is 0.321 e. The Bertz CT molecular complexity index is 710. The van der Waals surface area contributed by atoms with Gasteiger partial charge in [0.05, 0.1) is 12.7 Å². The maximum atomic E-state index is 11.5. The van der Waals surface area contributed by atoms with Crippen LogP contribution in [0.4, 0.5) is 0 Å². The lowest BCUT2D eigenvalue weighted by Crippen LogP contribution is -2.38. The first-order valence-electron chi connectivity index (χ1n) is 8.28. The van der Waals surface area contributed by atoms with Crippen LogP contribution in [0.15, 0.2) is 54.6 Å². The summed E-state index contributed by atoms with van der Waals surface area (Å²) in [6.45, 7) is 0.940. The van der Waals surface area contributed by atoms with Crippen LogP contribution in [0, 0.1) is 11.3 Å². The number of hydrogen-bond acceptors (Lipinski definition) is 4. The predicted molar refractivity (Wildman–Crippen MR) is 95.2 cm³/mol. The van der Waals surface area contributed by atoms with Crippen LogP contribution in [0.3, 0.4) is 0 Å². The lowest BCUT2D eigenvalue weighted by molar-refractivity contribution is -0.139. The fourth-order valence-electron chi connectivity index (χ4n) is 2.42. The van der Waals surface area contributed by atoms with E-state index in [1.807, 2.05) is 54.6 Å². The van der Waals surface area contributed by atoms with Gasteiger partial charge in [0.1, 0.15) is 11.8 Å². The molecule has 1 atom stereocenters. The number of rotatable bonds is 10. The monoisotopic (exact) mass is 338 g/mol. The van der Waals surface area contributed by atoms with Gasteiger partial charge < -0.3 is 15.2 Å². The topological polar surface area (TPSA) is 82.3 Å². The van der Waals surface area contributed by atoms with E-state index < -0.39 is 12.0 Å². The summed E-state index contributed by atoms with van der Waals surface area (Å²) in [7, 11) is 0. The van der Waals surface area contributed by atoms with Gasteiger partial charge in [0.25, 0.3) is 0 Å². The van der Waals surface area contributed by atoms with Crippen molar-refractivity contribution in [3.8, 4) is 11.8 Å². The van der Waals surface area contributed by atoms with E-state index in [-0.39, 0.29) is 0 Å². The Labute approximate surface area is 147 Å². The summed E-state index contributed by atoms with van der Waals surface area (Å²) in [6, 6.07) is 18.6. The number of benzene rings is 2. The molecule has 5 nitrogen and oxygen atoms in total. The normalized spacial score (nSPS) is 11.5. The van der Waals surface area contributed by atoms with Gasteiger partial charge in [-0.05, 0) is 36.1 Å². The summed E-state index contributed by atoms with van der Waals surface area (Å²) in [4.78, 5) is 11.5. The average molecular weight is 338 g/mol. The molecule has 5 heteroatoms. The maximum absolute atomic E-state index is 11.5. The van der Waals surface area contributed by atoms with E-state index in [2.05, 4.69) is 11.4 Å². The van der Waals surface area contributed by atoms with Crippen LogP contribution in [-0.4, -0.2) is 23.7 Å². The molecule has 25 heavy (non-hydrogen) atoms. The van der Waals surface area contributed by atoms with E-state index in [4.69, 9.17) is 10.00 Å². The fourth-order valence-corrected chi connectivity index (χ4v) is 2.42. The number of nitrogens with one attached hydrogen (secondary N) is 1. The van der Waals surface area contributed by atoms with Crippen LogP contribution in [0.25, 0.3) is 0 Å². The Balaban J connectivity index is 1.89. The third kappa shape index (κ3) is 6.66. The molecule has 0 fully saturated rings. The molecule has 0 aromatic heterocycles. The van der Waals surface area contributed by atoms with Crippen LogP contribution in [0.1, 0.15) is 24.0 Å². The van der Waals surface area contributed by atoms with Crippen molar-refractivity contribution in [2.45, 2.75) is 31.8 Å². The van der Waals surface area contributed by atoms with Crippen LogP contribution in [0.5, 0.6) is 5.75 Å². The summed E-state index contributed by atoms with van der Waals surface area (Å²) < 4.78 is 5.60. The van der Waals surface area contributed by atoms with E-state index in [0.717, 1.165) is 16.9 Å². The quantitative estimate of drug-likeness (QED) is 0.650. The number of carbonyl (C=O) groups is 1. The van der Waals surface area contributed by atoms with Crippen molar-refractivity contribution in [3.05, 3.63) is 65.7 Å². The van der Waals surface area contributed by atoms with Gasteiger partial charge in [0, 0.05) is 13.0 Å². The van der Waals surface area contributed by atoms with E-state index in [1.54, 1.807) is 0 Å². The third-order valence-corrected chi connectivity index (χ3v) is 3.73. The van der Waals surface area contributed by atoms with Crippen LogP contribution < -0.4 is 10.1 Å². The first-order chi connectivity index (χ1) is 12.2. The summed E-state index contributed by atoms with van der Waals surface area (Å²) in [5.74, 6) is -0.139. The van der Waals surface area contributed by atoms with Crippen LogP contribution in [-0.2, 0) is 17.8 Å². The van der Waals surface area contributed by atoms with Crippen LogP contribution >= 0.6 is 0 Å². The van der Waals surface area contributed by atoms with E-state index in [1.165, 1.54) is 0 Å². The number of ether oxygens (including phenoxy) is 1. The van der Waals surface area contributed by atoms with Gasteiger partial charge in [-0.15, -0.1) is 0 Å². The minimum atomic E-state index is -0.868. The Hall–Kier alpha value is -2.84. The highest BCUT2D eigenvalue weighted by molar-refractivity contribution is 5.73. The Morgan fingerprint density at radius 1 is 1.16 bits per heavy atom. The maximum Gasteiger partial charge on any atom is 0.321 e. The largest absolute Gasteiger partial charge is 0.494 e. The molecule has 0 amide bonds. The van der Waals surface area contributed by atoms with Crippen molar-refractivity contribution in [2.75, 3.05) is 6.61 Å². The SMILES string of the molecule is N#CCCCOc1cccc(CN[C@H](Cc2ccccc2)C(=O)O)c1. The second-order valence-corrected chi connectivity index (χ2v) is 5.72. The molecule has 0 aliphatic heterocycles. The molecule has 0 aliphatic rings. The second-order valence-electron chi connectivity index (χ2n) is 5.72. The number of aliphatic carboxylic acids is 1. The molecular formula is C20H22N2O3. The van der Waals surface area contributed by atoms with E-state index in [9.17, 15) is 9.90 Å². The third-order valence-electron chi connectivity index (χ3n) is 3.73. The van der Waals surface area contributed by atoms with Gasteiger partial charge in [-0.2, -0.15) is 5.26 Å². The molecule has 2 aromatic rings. The second kappa shape index (κ2) is 10.1. The van der Waals surface area contributed by atoms with Gasteiger partial charge >= 0.3 is 5.97 Å². The molecule has 130 valence electrons. The highest BCUT2D eigenvalue weighted by atomic mass is 16.5. The van der Waals surface area contributed by atoms with Gasteiger partial charge in [0.15, 0.2) is 0 Å². The molecule has 2 rings (SSSR count). The molecule has 0 aliphatic carbocycles. The Kier molecular flexibility index (Phi) is 7.48. The van der Waals surface area contributed by atoms with Crippen molar-refractivity contribution in [2.24, 2.45) is 0 Å². The zero-order valence-corrected chi connectivity index (χ0v) is 14.0. The van der Waals surface area contributed by atoms with Crippen molar-refractivity contribution >= 4 is 5.97 Å². The number of carboxylic acid groups (broad SMARTS) is 1. The lowest BCUT2D eigenvalue weighted by Gasteiger charge is -2.15. The molecule has 0 saturated carbocycles. The first-order valence-corrected chi connectivity index (χ1v) is 8.28. The van der Waals surface area contributed by atoms with Crippen molar-refractivity contribution < 1.29 is 14.6 Å². The molecule has 0 radical (unpaired) electrons. The van der Waals surface area contributed by atoms with Crippen molar-refractivity contribution in [3.63, 3.8) is 0 Å². The van der Waals surface area contributed by atoms with Crippen LogP contribution in [0.2, 0.25) is 0 Å². The van der Waals surface area contributed by atoms with Gasteiger partial charge in [-0.25, -0.2) is 0 Å². The number of carboxylic acids is 1. The summed E-state index contributed by atoms with van der Waals surface area (Å²) in [5, 5.41) is 21.0. The molecule has 0 bridgehead atoms. The molecule has 0 spiro atoms. The summed E-state index contributed by atoms with van der Waals surface area (Å²) in [5.41, 5.74) is 1.94. The zero-order chi connectivity index (χ0) is 17.9. The first kappa shape index (κ1) is 18.5. The molecule has 0 saturated heterocycles. The molecule has 0 unspecified atom stereocenters. The van der Waals surface area contributed by atoms with Gasteiger partial charge in [-0.1, -0.05) is 42.5 Å². The number of nitriles is 1. The number of hydrogen-bond donors (Lipinski definition) is 2. The number of unbranched alkanes of at least 4 members (excludes halogenated alkanes) is 1. The highest BCUT2D eigenvalue weighted by Crippen LogP contribution is 2.14. The molecule has 2 N–H and O–H groups in total. The zero-order valence-electron chi connectivity index (χ0n) is 14.0. The molecular weight excluding hydrogens is 316 g/mol. The Morgan fingerprint density at radius 3 is 2.64 bits per heavy atom. The standard InChI is InChI=1S/C20H22N2O3/c21-11-4-5-12-25-18-10-6-9-17(13-18)15-22-19(20(23)24)14-16-7-2-1-3-8-16/h1-3,6-10,13,19,22H,4-5,12,14-15H2,(H,23,24)/t19-/m1/s1. The molecule has 0 heterocycles. The lowest BCUT2D eigenvalue weighted by atomic mass is 10.1. The highest BCUT2D eigenvalue weighted by Gasteiger charge is 2.17. The van der Waals surface area contributed by atoms with E-state index >= 15 is 0 Å².